The lowest BCUT2D eigenvalue weighted by molar-refractivity contribution is 1.24. The van der Waals surface area contributed by atoms with Crippen LogP contribution in [-0.2, 0) is 0 Å². The fourth-order valence-corrected chi connectivity index (χ4v) is 2.24. The van der Waals surface area contributed by atoms with Crippen molar-refractivity contribution in [1.82, 2.24) is 0 Å². The van der Waals surface area contributed by atoms with E-state index in [0.29, 0.717) is 21.4 Å². The van der Waals surface area contributed by atoms with Crippen LogP contribution in [-0.4, -0.2) is 11.9 Å². The van der Waals surface area contributed by atoms with Gasteiger partial charge in [-0.05, 0) is 24.3 Å². The van der Waals surface area contributed by atoms with Gasteiger partial charge in [0, 0.05) is 0 Å². The molecule has 21 heavy (non-hydrogen) atoms. The van der Waals surface area contributed by atoms with E-state index in [0.717, 1.165) is 0 Å². The Bertz CT molecular complexity index is 650. The summed E-state index contributed by atoms with van der Waals surface area (Å²) in [5, 5.41) is 9.01. The standard InChI is InChI=1S/C14H13Cl2N5/c15-9-5-1-3-7-11(9)21(14(19)20-13(17)18)12-8-4-2-6-10(12)16/h1-8H,(H5,17,18,19,20). The first-order valence-electron chi connectivity index (χ1n) is 5.98. The molecule has 5 N–H and O–H groups in total. The van der Waals surface area contributed by atoms with Crippen LogP contribution in [0, 0.1) is 5.41 Å². The van der Waals surface area contributed by atoms with Crippen LogP contribution in [0.3, 0.4) is 0 Å². The van der Waals surface area contributed by atoms with E-state index in [9.17, 15) is 0 Å². The second-order valence-electron chi connectivity index (χ2n) is 4.10. The molecule has 5 nitrogen and oxygen atoms in total. The quantitative estimate of drug-likeness (QED) is 0.585. The molecule has 0 saturated heterocycles. The molecule has 7 heteroatoms. The summed E-state index contributed by atoms with van der Waals surface area (Å²) in [6, 6.07) is 14.1. The van der Waals surface area contributed by atoms with Gasteiger partial charge in [0.2, 0.25) is 5.96 Å². The van der Waals surface area contributed by atoms with E-state index < -0.39 is 0 Å². The molecular weight excluding hydrogens is 309 g/mol. The Balaban J connectivity index is 2.61. The zero-order chi connectivity index (χ0) is 15.4. The van der Waals surface area contributed by atoms with Crippen LogP contribution in [0.15, 0.2) is 53.5 Å². The Kier molecular flexibility index (Phi) is 4.67. The van der Waals surface area contributed by atoms with Gasteiger partial charge in [-0.2, -0.15) is 4.99 Å². The molecule has 0 spiro atoms. The van der Waals surface area contributed by atoms with E-state index in [4.69, 9.17) is 40.1 Å². The van der Waals surface area contributed by atoms with E-state index in [2.05, 4.69) is 4.99 Å². The van der Waals surface area contributed by atoms with Crippen molar-refractivity contribution < 1.29 is 0 Å². The molecule has 0 amide bonds. The number of nitrogens with two attached hydrogens (primary N) is 2. The van der Waals surface area contributed by atoms with Crippen molar-refractivity contribution in [3.8, 4) is 0 Å². The maximum absolute atomic E-state index is 8.11. The predicted octanol–water partition coefficient (Wildman–Crippen LogP) is 3.34. The van der Waals surface area contributed by atoms with Gasteiger partial charge in [-0.25, -0.2) is 0 Å². The molecule has 0 heterocycles. The number of benzene rings is 2. The number of para-hydroxylation sites is 2. The Morgan fingerprint density at radius 2 is 1.33 bits per heavy atom. The molecular formula is C14H13Cl2N5. The minimum Gasteiger partial charge on any atom is -0.370 e. The number of rotatable bonds is 2. The Hall–Kier alpha value is -2.24. The van der Waals surface area contributed by atoms with Crippen LogP contribution < -0.4 is 16.4 Å². The van der Waals surface area contributed by atoms with Crippen molar-refractivity contribution in [1.29, 1.82) is 5.41 Å². The highest BCUT2D eigenvalue weighted by molar-refractivity contribution is 6.36. The van der Waals surface area contributed by atoms with Gasteiger partial charge in [-0.15, -0.1) is 0 Å². The highest BCUT2D eigenvalue weighted by Crippen LogP contribution is 2.35. The van der Waals surface area contributed by atoms with Gasteiger partial charge in [-0.3, -0.25) is 10.3 Å². The van der Waals surface area contributed by atoms with Crippen LogP contribution in [0.25, 0.3) is 0 Å². The number of hydrogen-bond acceptors (Lipinski definition) is 1. The van der Waals surface area contributed by atoms with Crippen LogP contribution >= 0.6 is 23.2 Å². The molecule has 2 rings (SSSR count). The molecule has 0 radical (unpaired) electrons. The van der Waals surface area contributed by atoms with Crippen LogP contribution in [0.2, 0.25) is 10.0 Å². The molecule has 0 fully saturated rings. The lowest BCUT2D eigenvalue weighted by Gasteiger charge is -2.24. The summed E-state index contributed by atoms with van der Waals surface area (Å²) >= 11 is 12.4. The van der Waals surface area contributed by atoms with Crippen molar-refractivity contribution in [3.63, 3.8) is 0 Å². The molecule has 0 saturated carbocycles. The lowest BCUT2D eigenvalue weighted by Crippen LogP contribution is -2.30. The molecule has 108 valence electrons. The Labute approximate surface area is 132 Å². The van der Waals surface area contributed by atoms with Crippen molar-refractivity contribution in [2.24, 2.45) is 16.5 Å². The number of aliphatic imine (C=N–C) groups is 1. The summed E-state index contributed by atoms with van der Waals surface area (Å²) in [5.74, 6) is -0.402. The molecule has 0 atom stereocenters. The van der Waals surface area contributed by atoms with Crippen molar-refractivity contribution >= 4 is 46.5 Å². The monoisotopic (exact) mass is 321 g/mol. The largest absolute Gasteiger partial charge is 0.370 e. The predicted molar refractivity (Wildman–Crippen MR) is 88.6 cm³/mol. The number of nitrogens with zero attached hydrogens (tertiary/aromatic N) is 2. The normalized spacial score (nSPS) is 10.0. The average Bonchev–Trinajstić information content (AvgIpc) is 2.42. The van der Waals surface area contributed by atoms with E-state index in [1.165, 1.54) is 4.90 Å². The van der Waals surface area contributed by atoms with Crippen LogP contribution in [0.1, 0.15) is 0 Å². The highest BCUT2D eigenvalue weighted by atomic mass is 35.5. The topological polar surface area (TPSA) is 91.5 Å². The van der Waals surface area contributed by atoms with Crippen molar-refractivity contribution in [3.05, 3.63) is 58.6 Å². The lowest BCUT2D eigenvalue weighted by atomic mass is 10.2. The number of nitrogens with one attached hydrogen (secondary N) is 1. The summed E-state index contributed by atoms with van der Waals surface area (Å²) in [6.07, 6.45) is 0. The summed E-state index contributed by atoms with van der Waals surface area (Å²) in [4.78, 5) is 5.25. The fraction of sp³-hybridized carbons (Fsp3) is 0. The Morgan fingerprint density at radius 1 is 0.905 bits per heavy atom. The van der Waals surface area contributed by atoms with E-state index in [1.54, 1.807) is 48.5 Å². The molecule has 0 aliphatic rings. The minimum absolute atomic E-state index is 0.184. The highest BCUT2D eigenvalue weighted by Gasteiger charge is 2.19. The molecule has 0 aliphatic carbocycles. The number of halogens is 2. The summed E-state index contributed by atoms with van der Waals surface area (Å²) in [5.41, 5.74) is 11.8. The van der Waals surface area contributed by atoms with Gasteiger partial charge in [0.15, 0.2) is 5.96 Å². The van der Waals surface area contributed by atoms with E-state index >= 15 is 0 Å². The smallest absolute Gasteiger partial charge is 0.230 e. The third kappa shape index (κ3) is 3.45. The average molecular weight is 322 g/mol. The van der Waals surface area contributed by atoms with Crippen LogP contribution in [0.4, 0.5) is 11.4 Å². The van der Waals surface area contributed by atoms with Gasteiger partial charge >= 0.3 is 0 Å². The molecule has 0 aliphatic heterocycles. The molecule has 0 unspecified atom stereocenters. The van der Waals surface area contributed by atoms with E-state index in [1.807, 2.05) is 0 Å². The van der Waals surface area contributed by atoms with Crippen molar-refractivity contribution in [2.75, 3.05) is 4.90 Å². The number of guanidine groups is 2. The summed E-state index contributed by atoms with van der Waals surface area (Å²) < 4.78 is 0. The minimum atomic E-state index is -0.218. The van der Waals surface area contributed by atoms with Crippen LogP contribution in [0.5, 0.6) is 0 Å². The number of anilines is 2. The molecule has 2 aromatic carbocycles. The molecule has 0 aromatic heterocycles. The summed E-state index contributed by atoms with van der Waals surface area (Å²) in [6.45, 7) is 0. The second kappa shape index (κ2) is 6.47. The second-order valence-corrected chi connectivity index (χ2v) is 4.91. The zero-order valence-corrected chi connectivity index (χ0v) is 12.4. The van der Waals surface area contributed by atoms with Gasteiger partial charge in [0.25, 0.3) is 0 Å². The van der Waals surface area contributed by atoms with Gasteiger partial charge in [-0.1, -0.05) is 47.5 Å². The maximum Gasteiger partial charge on any atom is 0.230 e. The maximum atomic E-state index is 8.11. The number of hydrogen-bond donors (Lipinski definition) is 3. The van der Waals surface area contributed by atoms with Gasteiger partial charge in [0.05, 0.1) is 21.4 Å². The van der Waals surface area contributed by atoms with Gasteiger partial charge in [0.1, 0.15) is 0 Å². The first-order chi connectivity index (χ1) is 10.0. The first-order valence-corrected chi connectivity index (χ1v) is 6.73. The third-order valence-electron chi connectivity index (χ3n) is 2.63. The van der Waals surface area contributed by atoms with Crippen molar-refractivity contribution in [2.45, 2.75) is 0 Å². The third-order valence-corrected chi connectivity index (χ3v) is 3.27. The Morgan fingerprint density at radius 3 is 1.71 bits per heavy atom. The summed E-state index contributed by atoms with van der Waals surface area (Å²) in [7, 11) is 0. The van der Waals surface area contributed by atoms with E-state index in [-0.39, 0.29) is 11.9 Å². The molecule has 2 aromatic rings. The first kappa shape index (κ1) is 15.2. The van der Waals surface area contributed by atoms with Gasteiger partial charge < -0.3 is 11.5 Å². The molecule has 0 bridgehead atoms. The zero-order valence-electron chi connectivity index (χ0n) is 10.9. The SMILES string of the molecule is N=C(N=C(N)N)N(c1ccccc1Cl)c1ccccc1Cl. The fourth-order valence-electron chi connectivity index (χ4n) is 1.80.